The number of aromatic nitrogens is 6. The van der Waals surface area contributed by atoms with E-state index < -0.39 is 0 Å². The van der Waals surface area contributed by atoms with Crippen LogP contribution in [0.2, 0.25) is 5.15 Å². The summed E-state index contributed by atoms with van der Waals surface area (Å²) in [5.41, 5.74) is 2.79. The maximum absolute atomic E-state index is 12.7. The van der Waals surface area contributed by atoms with E-state index in [4.69, 9.17) is 16.3 Å². The molecule has 10 heteroatoms. The Morgan fingerprint density at radius 2 is 1.97 bits per heavy atom. The molecule has 0 radical (unpaired) electrons. The highest BCUT2D eigenvalue weighted by Crippen LogP contribution is 2.22. The topological polar surface area (TPSA) is 91.0 Å². The van der Waals surface area contributed by atoms with E-state index in [9.17, 15) is 4.79 Å². The molecule has 29 heavy (non-hydrogen) atoms. The number of anilines is 1. The third kappa shape index (κ3) is 4.15. The molecule has 9 nitrogen and oxygen atoms in total. The van der Waals surface area contributed by atoms with Crippen LogP contribution in [0.5, 0.6) is 0 Å². The van der Waals surface area contributed by atoms with E-state index in [0.29, 0.717) is 10.8 Å². The molecule has 0 amide bonds. The number of halogens is 1. The highest BCUT2D eigenvalue weighted by molar-refractivity contribution is 6.29. The van der Waals surface area contributed by atoms with Crippen molar-refractivity contribution in [2.75, 3.05) is 18.0 Å². The van der Waals surface area contributed by atoms with Crippen LogP contribution in [0.15, 0.2) is 35.4 Å². The van der Waals surface area contributed by atoms with Crippen molar-refractivity contribution < 1.29 is 4.74 Å². The van der Waals surface area contributed by atoms with Crippen LogP contribution in [0.25, 0.3) is 11.3 Å². The van der Waals surface area contributed by atoms with Gasteiger partial charge in [-0.15, -0.1) is 5.10 Å². The Morgan fingerprint density at radius 3 is 2.62 bits per heavy atom. The van der Waals surface area contributed by atoms with Gasteiger partial charge in [-0.2, -0.15) is 5.10 Å². The van der Waals surface area contributed by atoms with E-state index in [1.807, 2.05) is 19.9 Å². The van der Waals surface area contributed by atoms with Crippen molar-refractivity contribution >= 4 is 17.3 Å². The number of aryl methyl sites for hydroxylation is 1. The minimum Gasteiger partial charge on any atom is -0.372 e. The molecule has 1 aliphatic heterocycles. The SMILES string of the molecule is C[C@@H]1CN(c2cnn(Cc3c(-c4ccc(Cl)nc4)nnn3C)c(=O)c2)C[C@H](C)O1. The summed E-state index contributed by atoms with van der Waals surface area (Å²) in [6.45, 7) is 5.76. The predicted octanol–water partition coefficient (Wildman–Crippen LogP) is 1.75. The number of pyridine rings is 1. The van der Waals surface area contributed by atoms with Gasteiger partial charge in [0, 0.05) is 38.0 Å². The van der Waals surface area contributed by atoms with Gasteiger partial charge in [0.05, 0.1) is 36.3 Å². The number of ether oxygens (including phenoxy) is 1. The molecule has 4 heterocycles. The van der Waals surface area contributed by atoms with Crippen LogP contribution in [-0.4, -0.2) is 55.1 Å². The summed E-state index contributed by atoms with van der Waals surface area (Å²) in [6.07, 6.45) is 3.57. The highest BCUT2D eigenvalue weighted by atomic mass is 35.5. The normalized spacial score (nSPS) is 19.5. The van der Waals surface area contributed by atoms with Crippen LogP contribution < -0.4 is 10.5 Å². The minimum absolute atomic E-state index is 0.109. The maximum Gasteiger partial charge on any atom is 0.269 e. The molecule has 1 fully saturated rings. The van der Waals surface area contributed by atoms with E-state index in [1.54, 1.807) is 36.3 Å². The fraction of sp³-hybridized carbons (Fsp3) is 0.421. The fourth-order valence-corrected chi connectivity index (χ4v) is 3.65. The zero-order chi connectivity index (χ0) is 20.5. The number of hydrogen-bond donors (Lipinski definition) is 0. The second-order valence-corrected chi connectivity index (χ2v) is 7.64. The second-order valence-electron chi connectivity index (χ2n) is 7.25. The van der Waals surface area contributed by atoms with Crippen molar-refractivity contribution in [3.63, 3.8) is 0 Å². The largest absolute Gasteiger partial charge is 0.372 e. The first-order valence-electron chi connectivity index (χ1n) is 9.38. The molecular weight excluding hydrogens is 394 g/mol. The van der Waals surface area contributed by atoms with Crippen LogP contribution in [0.1, 0.15) is 19.5 Å². The number of morpholine rings is 1. The predicted molar refractivity (Wildman–Crippen MR) is 109 cm³/mol. The standard InChI is InChI=1S/C19H22ClN7O2/c1-12-9-26(10-13(2)29-12)15-6-18(28)27(22-8-15)11-16-19(23-24-25(16)3)14-4-5-17(20)21-7-14/h4-8,12-13H,9-11H2,1-3H3/t12-,13+. The summed E-state index contributed by atoms with van der Waals surface area (Å²) in [6, 6.07) is 5.13. The Kier molecular flexibility index (Phi) is 5.33. The first-order valence-corrected chi connectivity index (χ1v) is 9.76. The average molecular weight is 416 g/mol. The number of nitrogens with zero attached hydrogens (tertiary/aromatic N) is 7. The molecule has 4 rings (SSSR count). The summed E-state index contributed by atoms with van der Waals surface area (Å²) in [5, 5.41) is 13.1. The van der Waals surface area contributed by atoms with Gasteiger partial charge in [-0.3, -0.25) is 4.79 Å². The molecule has 1 aliphatic rings. The summed E-state index contributed by atoms with van der Waals surface area (Å²) in [5.74, 6) is 0. The smallest absolute Gasteiger partial charge is 0.269 e. The Morgan fingerprint density at radius 1 is 1.21 bits per heavy atom. The van der Waals surface area contributed by atoms with Crippen molar-refractivity contribution in [2.24, 2.45) is 7.05 Å². The number of hydrogen-bond acceptors (Lipinski definition) is 7. The van der Waals surface area contributed by atoms with Crippen molar-refractivity contribution in [1.29, 1.82) is 0 Å². The Hall–Kier alpha value is -2.78. The Balaban J connectivity index is 1.60. The number of rotatable bonds is 4. The van der Waals surface area contributed by atoms with Crippen molar-refractivity contribution in [1.82, 2.24) is 29.8 Å². The molecule has 2 atom stereocenters. The van der Waals surface area contributed by atoms with E-state index in [-0.39, 0.29) is 24.3 Å². The first kappa shape index (κ1) is 19.5. The molecule has 0 N–H and O–H groups in total. The molecule has 0 aromatic carbocycles. The third-order valence-electron chi connectivity index (χ3n) is 4.88. The van der Waals surface area contributed by atoms with Crippen molar-refractivity contribution in [2.45, 2.75) is 32.6 Å². The van der Waals surface area contributed by atoms with Crippen molar-refractivity contribution in [3.05, 3.63) is 51.8 Å². The molecular formula is C19H22ClN7O2. The molecule has 0 bridgehead atoms. The lowest BCUT2D eigenvalue weighted by Crippen LogP contribution is -2.46. The zero-order valence-corrected chi connectivity index (χ0v) is 17.2. The van der Waals surface area contributed by atoms with Crippen molar-refractivity contribution in [3.8, 4) is 11.3 Å². The molecule has 0 saturated carbocycles. The van der Waals surface area contributed by atoms with Gasteiger partial charge >= 0.3 is 0 Å². The van der Waals surface area contributed by atoms with Gasteiger partial charge in [0.2, 0.25) is 0 Å². The molecule has 1 saturated heterocycles. The minimum atomic E-state index is -0.185. The summed E-state index contributed by atoms with van der Waals surface area (Å²) in [4.78, 5) is 19.0. The molecule has 3 aromatic rings. The molecule has 0 spiro atoms. The van der Waals surface area contributed by atoms with Gasteiger partial charge in [0.25, 0.3) is 5.56 Å². The van der Waals surface area contributed by atoms with Crippen LogP contribution in [0.4, 0.5) is 5.69 Å². The van der Waals surface area contributed by atoms with Gasteiger partial charge in [0.15, 0.2) is 0 Å². The van der Waals surface area contributed by atoms with Gasteiger partial charge in [-0.1, -0.05) is 16.8 Å². The summed E-state index contributed by atoms with van der Waals surface area (Å²) < 4.78 is 8.80. The monoisotopic (exact) mass is 415 g/mol. The molecule has 152 valence electrons. The lowest BCUT2D eigenvalue weighted by atomic mass is 10.1. The second kappa shape index (κ2) is 7.92. The Labute approximate surface area is 172 Å². The van der Waals surface area contributed by atoms with Gasteiger partial charge in [-0.25, -0.2) is 14.3 Å². The third-order valence-corrected chi connectivity index (χ3v) is 5.11. The van der Waals surface area contributed by atoms with Crippen LogP contribution in [-0.2, 0) is 18.3 Å². The van der Waals surface area contributed by atoms with Crippen LogP contribution >= 0.6 is 11.6 Å². The van der Waals surface area contributed by atoms with E-state index in [2.05, 4.69) is 25.3 Å². The van der Waals surface area contributed by atoms with E-state index in [0.717, 1.165) is 30.0 Å². The Bertz CT molecular complexity index is 1050. The lowest BCUT2D eigenvalue weighted by Gasteiger charge is -2.36. The molecule has 0 unspecified atom stereocenters. The van der Waals surface area contributed by atoms with E-state index >= 15 is 0 Å². The van der Waals surface area contributed by atoms with Gasteiger partial charge in [0.1, 0.15) is 10.8 Å². The molecule has 0 aliphatic carbocycles. The quantitative estimate of drug-likeness (QED) is 0.599. The van der Waals surface area contributed by atoms with Crippen LogP contribution in [0, 0.1) is 0 Å². The first-order chi connectivity index (χ1) is 13.9. The fourth-order valence-electron chi connectivity index (χ4n) is 3.54. The maximum atomic E-state index is 12.7. The zero-order valence-electron chi connectivity index (χ0n) is 16.5. The lowest BCUT2D eigenvalue weighted by molar-refractivity contribution is -0.00525. The summed E-state index contributed by atoms with van der Waals surface area (Å²) in [7, 11) is 1.78. The average Bonchev–Trinajstić information content (AvgIpc) is 3.04. The summed E-state index contributed by atoms with van der Waals surface area (Å²) >= 11 is 5.87. The highest BCUT2D eigenvalue weighted by Gasteiger charge is 2.23. The van der Waals surface area contributed by atoms with Gasteiger partial charge < -0.3 is 9.64 Å². The molecule has 3 aromatic heterocycles. The van der Waals surface area contributed by atoms with E-state index in [1.165, 1.54) is 4.68 Å². The van der Waals surface area contributed by atoms with Gasteiger partial charge in [-0.05, 0) is 26.0 Å². The van der Waals surface area contributed by atoms with Crippen LogP contribution in [0.3, 0.4) is 0 Å².